The van der Waals surface area contributed by atoms with Gasteiger partial charge in [-0.2, -0.15) is 0 Å². The van der Waals surface area contributed by atoms with Gasteiger partial charge in [0.1, 0.15) is 0 Å². The van der Waals surface area contributed by atoms with E-state index in [1.807, 2.05) is 0 Å². The van der Waals surface area contributed by atoms with Crippen molar-refractivity contribution >= 4 is 11.9 Å². The van der Waals surface area contributed by atoms with Gasteiger partial charge in [0.05, 0.1) is 5.92 Å². The van der Waals surface area contributed by atoms with Crippen LogP contribution in [-0.2, 0) is 9.59 Å². The highest BCUT2D eigenvalue weighted by molar-refractivity contribution is 5.79. The number of carbonyl (C=O) groups is 2. The van der Waals surface area contributed by atoms with E-state index in [0.717, 1.165) is 0 Å². The van der Waals surface area contributed by atoms with Gasteiger partial charge in [0.15, 0.2) is 0 Å². The van der Waals surface area contributed by atoms with E-state index in [-0.39, 0.29) is 24.9 Å². The summed E-state index contributed by atoms with van der Waals surface area (Å²) in [7, 11) is 0. The first-order chi connectivity index (χ1) is 5.99. The number of carboxylic acids is 1. The lowest BCUT2D eigenvalue weighted by molar-refractivity contribution is -0.141. The summed E-state index contributed by atoms with van der Waals surface area (Å²) in [5.74, 6) is -1.94. The van der Waals surface area contributed by atoms with Crippen molar-refractivity contribution in [3.8, 4) is 0 Å². The molecule has 0 aliphatic carbocycles. The van der Waals surface area contributed by atoms with E-state index in [1.165, 1.54) is 6.92 Å². The van der Waals surface area contributed by atoms with Crippen LogP contribution in [0.25, 0.3) is 0 Å². The molecule has 0 heterocycles. The molecule has 1 amide bonds. The summed E-state index contributed by atoms with van der Waals surface area (Å²) in [5.41, 5.74) is 5.26. The molecule has 0 fully saturated rings. The second-order valence-electron chi connectivity index (χ2n) is 3.12. The van der Waals surface area contributed by atoms with Crippen LogP contribution < -0.4 is 11.1 Å². The van der Waals surface area contributed by atoms with Crippen molar-refractivity contribution in [3.63, 3.8) is 0 Å². The Morgan fingerprint density at radius 1 is 1.38 bits per heavy atom. The predicted octanol–water partition coefficient (Wildman–Crippen LogP) is -0.582. The summed E-state index contributed by atoms with van der Waals surface area (Å²) < 4.78 is 0. The number of nitrogens with one attached hydrogen (secondary N) is 1. The molecule has 0 rings (SSSR count). The Bertz CT molecular complexity index is 194. The van der Waals surface area contributed by atoms with E-state index in [4.69, 9.17) is 10.8 Å². The quantitative estimate of drug-likeness (QED) is 0.538. The third-order valence-corrected chi connectivity index (χ3v) is 1.81. The Balaban J connectivity index is 3.76. The molecule has 2 atom stereocenters. The molecule has 0 bridgehead atoms. The molecule has 0 aromatic carbocycles. The fraction of sp³-hybridized carbons (Fsp3) is 0.750. The Morgan fingerprint density at radius 3 is 2.31 bits per heavy atom. The Hall–Kier alpha value is -1.10. The van der Waals surface area contributed by atoms with Gasteiger partial charge in [0.25, 0.3) is 0 Å². The summed E-state index contributed by atoms with van der Waals surface area (Å²) in [5, 5.41) is 11.0. The SMILES string of the molecule is CC(CNC(=O)C(C)CN)C(=O)O. The molecule has 0 spiro atoms. The zero-order valence-corrected chi connectivity index (χ0v) is 7.91. The van der Waals surface area contributed by atoms with Gasteiger partial charge in [-0.3, -0.25) is 9.59 Å². The predicted molar refractivity (Wildman–Crippen MR) is 48.0 cm³/mol. The van der Waals surface area contributed by atoms with E-state index in [1.54, 1.807) is 6.92 Å². The van der Waals surface area contributed by atoms with Crippen LogP contribution in [0.5, 0.6) is 0 Å². The number of rotatable bonds is 5. The van der Waals surface area contributed by atoms with Gasteiger partial charge < -0.3 is 16.2 Å². The van der Waals surface area contributed by atoms with Gasteiger partial charge in [-0.1, -0.05) is 13.8 Å². The van der Waals surface area contributed by atoms with Crippen molar-refractivity contribution in [1.82, 2.24) is 5.32 Å². The normalized spacial score (nSPS) is 14.7. The molecular weight excluding hydrogens is 172 g/mol. The van der Waals surface area contributed by atoms with E-state index < -0.39 is 11.9 Å². The maximum absolute atomic E-state index is 11.1. The summed E-state index contributed by atoms with van der Waals surface area (Å²) in [6.07, 6.45) is 0. The summed E-state index contributed by atoms with van der Waals surface area (Å²) in [6.45, 7) is 3.66. The van der Waals surface area contributed by atoms with Crippen LogP contribution in [0.4, 0.5) is 0 Å². The Labute approximate surface area is 77.3 Å². The highest BCUT2D eigenvalue weighted by Crippen LogP contribution is 1.94. The molecule has 0 saturated carbocycles. The number of hydrogen-bond donors (Lipinski definition) is 3. The topological polar surface area (TPSA) is 92.4 Å². The summed E-state index contributed by atoms with van der Waals surface area (Å²) in [4.78, 5) is 21.5. The van der Waals surface area contributed by atoms with Gasteiger partial charge in [-0.05, 0) is 0 Å². The number of carboxylic acid groups (broad SMARTS) is 1. The van der Waals surface area contributed by atoms with Gasteiger partial charge in [0, 0.05) is 19.0 Å². The first-order valence-electron chi connectivity index (χ1n) is 4.19. The fourth-order valence-electron chi connectivity index (χ4n) is 0.622. The van der Waals surface area contributed by atoms with Crippen LogP contribution in [0.15, 0.2) is 0 Å². The molecule has 0 aliphatic heterocycles. The lowest BCUT2D eigenvalue weighted by Crippen LogP contribution is -2.37. The van der Waals surface area contributed by atoms with E-state index >= 15 is 0 Å². The molecule has 13 heavy (non-hydrogen) atoms. The zero-order chi connectivity index (χ0) is 10.4. The van der Waals surface area contributed by atoms with Gasteiger partial charge in [0.2, 0.25) is 5.91 Å². The van der Waals surface area contributed by atoms with Crippen LogP contribution in [0.1, 0.15) is 13.8 Å². The van der Waals surface area contributed by atoms with Crippen molar-refractivity contribution in [3.05, 3.63) is 0 Å². The van der Waals surface area contributed by atoms with Crippen molar-refractivity contribution in [2.75, 3.05) is 13.1 Å². The minimum atomic E-state index is -0.916. The molecule has 2 unspecified atom stereocenters. The van der Waals surface area contributed by atoms with Crippen molar-refractivity contribution < 1.29 is 14.7 Å². The zero-order valence-electron chi connectivity index (χ0n) is 7.91. The Morgan fingerprint density at radius 2 is 1.92 bits per heavy atom. The smallest absolute Gasteiger partial charge is 0.308 e. The fourth-order valence-corrected chi connectivity index (χ4v) is 0.622. The van der Waals surface area contributed by atoms with Crippen LogP contribution in [0.3, 0.4) is 0 Å². The monoisotopic (exact) mass is 188 g/mol. The van der Waals surface area contributed by atoms with Crippen molar-refractivity contribution in [2.24, 2.45) is 17.6 Å². The lowest BCUT2D eigenvalue weighted by Gasteiger charge is -2.11. The molecule has 0 aliphatic rings. The maximum Gasteiger partial charge on any atom is 0.308 e. The number of amides is 1. The average molecular weight is 188 g/mol. The second kappa shape index (κ2) is 5.53. The van der Waals surface area contributed by atoms with Gasteiger partial charge in [-0.25, -0.2) is 0 Å². The minimum absolute atomic E-state index is 0.151. The molecule has 0 radical (unpaired) electrons. The molecular formula is C8H16N2O3. The summed E-state index contributed by atoms with van der Waals surface area (Å²) in [6, 6.07) is 0. The number of aliphatic carboxylic acids is 1. The van der Waals surface area contributed by atoms with Crippen LogP contribution >= 0.6 is 0 Å². The average Bonchev–Trinajstić information content (AvgIpc) is 2.11. The molecule has 4 N–H and O–H groups in total. The number of nitrogens with two attached hydrogens (primary N) is 1. The van der Waals surface area contributed by atoms with Crippen molar-refractivity contribution in [1.29, 1.82) is 0 Å². The standard InChI is InChI=1S/C8H16N2O3/c1-5(3-9)7(11)10-4-6(2)8(12)13/h5-6H,3-4,9H2,1-2H3,(H,10,11)(H,12,13). The van der Waals surface area contributed by atoms with Crippen LogP contribution in [0, 0.1) is 11.8 Å². The third-order valence-electron chi connectivity index (χ3n) is 1.81. The second-order valence-corrected chi connectivity index (χ2v) is 3.12. The van der Waals surface area contributed by atoms with Gasteiger partial charge in [-0.15, -0.1) is 0 Å². The van der Waals surface area contributed by atoms with Gasteiger partial charge >= 0.3 is 5.97 Å². The molecule has 76 valence electrons. The highest BCUT2D eigenvalue weighted by atomic mass is 16.4. The highest BCUT2D eigenvalue weighted by Gasteiger charge is 2.14. The van der Waals surface area contributed by atoms with E-state index in [0.29, 0.717) is 0 Å². The number of carbonyl (C=O) groups excluding carboxylic acids is 1. The van der Waals surface area contributed by atoms with Crippen molar-refractivity contribution in [2.45, 2.75) is 13.8 Å². The van der Waals surface area contributed by atoms with E-state index in [2.05, 4.69) is 5.32 Å². The third kappa shape index (κ3) is 4.47. The van der Waals surface area contributed by atoms with Crippen LogP contribution in [0.2, 0.25) is 0 Å². The maximum atomic E-state index is 11.1. The summed E-state index contributed by atoms with van der Waals surface area (Å²) >= 11 is 0. The first-order valence-corrected chi connectivity index (χ1v) is 4.19. The molecule has 5 heteroatoms. The Kier molecular flexibility index (Phi) is 5.06. The molecule has 0 aromatic rings. The minimum Gasteiger partial charge on any atom is -0.481 e. The molecule has 5 nitrogen and oxygen atoms in total. The first kappa shape index (κ1) is 11.9. The largest absolute Gasteiger partial charge is 0.481 e. The van der Waals surface area contributed by atoms with Crippen LogP contribution in [-0.4, -0.2) is 30.1 Å². The molecule has 0 saturated heterocycles. The number of hydrogen-bond acceptors (Lipinski definition) is 3. The lowest BCUT2D eigenvalue weighted by atomic mass is 10.1. The molecule has 0 aromatic heterocycles. The van der Waals surface area contributed by atoms with E-state index in [9.17, 15) is 9.59 Å².